The Kier molecular flexibility index (Phi) is 40.5. The zero-order valence-electron chi connectivity index (χ0n) is 56.8. The fourth-order valence-corrected chi connectivity index (χ4v) is 9.71. The molecule has 89 heavy (non-hydrogen) atoms. The number of Topliss-reactive ketones (excluding diaryl/α,β-unsaturated/α-hetero) is 2. The van der Waals surface area contributed by atoms with Gasteiger partial charge in [0.1, 0.15) is 53.4 Å². The molecule has 0 aromatic heterocycles. The Balaban J connectivity index is 1.75. The number of carbonyl (C=O) groups excluding carboxylic acids is 7. The molecule has 2 rings (SSSR count). The van der Waals surface area contributed by atoms with Crippen LogP contribution in [-0.2, 0) is 46.4 Å². The molecule has 0 fully saturated rings. The van der Waals surface area contributed by atoms with Gasteiger partial charge in [0.25, 0.3) is 0 Å². The van der Waals surface area contributed by atoms with E-state index >= 15 is 0 Å². The first-order valence-corrected chi connectivity index (χ1v) is 33.3. The van der Waals surface area contributed by atoms with Crippen LogP contribution >= 0.6 is 0 Å². The fourth-order valence-electron chi connectivity index (χ4n) is 9.71. The first-order valence-electron chi connectivity index (χ1n) is 33.3. The summed E-state index contributed by atoms with van der Waals surface area (Å²) in [6.07, 6.45) is 15.5. The number of nitrogens with one attached hydrogen (secondary N) is 5. The first-order chi connectivity index (χ1) is 42.3. The van der Waals surface area contributed by atoms with Crippen LogP contribution in [0.3, 0.4) is 0 Å². The Hall–Kier alpha value is -6.37. The number of alkyl carbamates (subject to hydrolysis) is 3. The van der Waals surface area contributed by atoms with Gasteiger partial charge in [0.15, 0.2) is 0 Å². The highest BCUT2D eigenvalue weighted by molar-refractivity contribution is 5.94. The van der Waals surface area contributed by atoms with Gasteiger partial charge in [-0.25, -0.2) is 14.4 Å². The van der Waals surface area contributed by atoms with Crippen LogP contribution in [0.15, 0.2) is 64.6 Å². The van der Waals surface area contributed by atoms with Crippen molar-refractivity contribution in [3.8, 4) is 5.75 Å². The summed E-state index contributed by atoms with van der Waals surface area (Å²) in [7, 11) is 0. The number of aliphatic imine (C=N–C) groups is 2. The Labute approximate surface area is 535 Å². The Bertz CT molecular complexity index is 2300. The standard InChI is InChI=1S/C70H116N8O11/c1-53(30-22-25-43-71-57(5)76-67(84)88-69(7,8)9)62(79)37-20-13-16-32-55(3)64(81)73-46-28-48-78(50-51-86-61-41-39-59(40-42-61)34-24-27-45-75-66(83)87-52-60-35-18-15-19-36-60)49-29-47-74-65(82)56(4)33-17-14-21-38-63(80)54(2)31-23-26-44-72-58(6)77-68(85)89-70(10,11)12/h15,18-19,35-36,39-42,53-56H,13-14,16-17,20-34,37-38,43-52H2,1-12H3,(H,73,81)(H,74,82)(H,75,83)(H,71,76,84)(H,72,77,85)/t53-,54-,55-,56-/m0/s1. The molecule has 0 aliphatic carbocycles. The molecular weight excluding hydrogens is 1130 g/mol. The molecule has 4 atom stereocenters. The summed E-state index contributed by atoms with van der Waals surface area (Å²) in [6, 6.07) is 17.7. The van der Waals surface area contributed by atoms with E-state index in [9.17, 15) is 33.6 Å². The van der Waals surface area contributed by atoms with Crippen LogP contribution in [0.5, 0.6) is 5.75 Å². The minimum Gasteiger partial charge on any atom is -0.492 e. The van der Waals surface area contributed by atoms with Crippen molar-refractivity contribution < 1.29 is 52.5 Å². The summed E-state index contributed by atoms with van der Waals surface area (Å²) < 4.78 is 22.0. The third-order valence-corrected chi connectivity index (χ3v) is 15.1. The second kappa shape index (κ2) is 45.8. The van der Waals surface area contributed by atoms with Gasteiger partial charge >= 0.3 is 18.3 Å². The van der Waals surface area contributed by atoms with Crippen molar-refractivity contribution in [3.63, 3.8) is 0 Å². The lowest BCUT2D eigenvalue weighted by Gasteiger charge is -2.23. The van der Waals surface area contributed by atoms with E-state index in [0.29, 0.717) is 70.4 Å². The molecule has 0 saturated carbocycles. The number of hydrogen-bond acceptors (Lipinski definition) is 14. The maximum Gasteiger partial charge on any atom is 0.413 e. The van der Waals surface area contributed by atoms with E-state index in [0.717, 1.165) is 146 Å². The molecular formula is C70H116N8O11. The van der Waals surface area contributed by atoms with Crippen molar-refractivity contribution in [1.29, 1.82) is 0 Å². The van der Waals surface area contributed by atoms with E-state index in [1.807, 2.05) is 112 Å². The van der Waals surface area contributed by atoms with Gasteiger partial charge < -0.3 is 34.9 Å². The minimum atomic E-state index is -0.575. The molecule has 502 valence electrons. The predicted molar refractivity (Wildman–Crippen MR) is 356 cm³/mol. The van der Waals surface area contributed by atoms with Crippen molar-refractivity contribution in [2.75, 3.05) is 59.0 Å². The SMILES string of the molecule is CC(=NCCCC[C@H](C)C(=O)CCCCC[C@H](C)C(=O)NCCCN(CCCNC(=O)[C@@H](C)CCCCCC(=O)[C@@H](C)CCCCN=C(C)NC(=O)OC(C)(C)C)CCOc1ccc(CCCCNC(=O)OCc2ccccc2)cc1)NC(=O)OC(C)(C)C. The van der Waals surface area contributed by atoms with Crippen molar-refractivity contribution in [1.82, 2.24) is 31.5 Å². The molecule has 5 amide bonds. The van der Waals surface area contributed by atoms with E-state index in [1.165, 1.54) is 5.56 Å². The number of ether oxygens (including phenoxy) is 4. The molecule has 2 aromatic carbocycles. The highest BCUT2D eigenvalue weighted by Gasteiger charge is 2.20. The lowest BCUT2D eigenvalue weighted by Crippen LogP contribution is -2.36. The number of unbranched alkanes of at least 4 members (excludes halogenated alkanes) is 7. The molecule has 0 bridgehead atoms. The van der Waals surface area contributed by atoms with Gasteiger partial charge in [0.2, 0.25) is 11.8 Å². The van der Waals surface area contributed by atoms with Crippen LogP contribution in [0, 0.1) is 23.7 Å². The molecule has 0 aliphatic rings. The van der Waals surface area contributed by atoms with Crippen molar-refractivity contribution in [2.24, 2.45) is 33.7 Å². The average molecular weight is 1250 g/mol. The molecule has 5 N–H and O–H groups in total. The van der Waals surface area contributed by atoms with Gasteiger partial charge in [0.05, 0.1) is 0 Å². The number of hydrogen-bond donors (Lipinski definition) is 5. The van der Waals surface area contributed by atoms with Gasteiger partial charge in [-0.15, -0.1) is 0 Å². The molecule has 19 heteroatoms. The summed E-state index contributed by atoms with van der Waals surface area (Å²) in [5.74, 6) is 2.16. The molecule has 0 spiro atoms. The monoisotopic (exact) mass is 1240 g/mol. The van der Waals surface area contributed by atoms with E-state index in [2.05, 4.69) is 53.6 Å². The van der Waals surface area contributed by atoms with E-state index in [1.54, 1.807) is 13.8 Å². The van der Waals surface area contributed by atoms with Crippen LogP contribution in [0.1, 0.15) is 223 Å². The average Bonchev–Trinajstić information content (AvgIpc) is 3.53. The second-order valence-corrected chi connectivity index (χ2v) is 26.0. The summed E-state index contributed by atoms with van der Waals surface area (Å²) in [5, 5.41) is 14.4. The van der Waals surface area contributed by atoms with Crippen LogP contribution in [0.4, 0.5) is 14.4 Å². The normalized spacial score (nSPS) is 13.4. The highest BCUT2D eigenvalue weighted by atomic mass is 16.6. The molecule has 0 unspecified atom stereocenters. The number of amides is 5. The summed E-state index contributed by atoms with van der Waals surface area (Å²) in [6.45, 7) is 27.9. The maximum atomic E-state index is 13.1. The van der Waals surface area contributed by atoms with Crippen LogP contribution in [0.2, 0.25) is 0 Å². The molecule has 0 radical (unpaired) electrons. The quantitative estimate of drug-likeness (QED) is 0.0180. The van der Waals surface area contributed by atoms with Crippen molar-refractivity contribution in [2.45, 2.75) is 236 Å². The Morgan fingerprint density at radius 3 is 1.39 bits per heavy atom. The summed E-state index contributed by atoms with van der Waals surface area (Å²) in [4.78, 5) is 99.0. The topological polar surface area (TPSA) is 245 Å². The van der Waals surface area contributed by atoms with Crippen molar-refractivity contribution in [3.05, 3.63) is 65.7 Å². The fraction of sp³-hybridized carbons (Fsp3) is 0.700. The van der Waals surface area contributed by atoms with Gasteiger partial charge in [-0.1, -0.05) is 109 Å². The predicted octanol–water partition coefficient (Wildman–Crippen LogP) is 13.4. The maximum absolute atomic E-state index is 13.1. The summed E-state index contributed by atoms with van der Waals surface area (Å²) in [5.41, 5.74) is 0.989. The molecule has 0 heterocycles. The minimum absolute atomic E-state index is 0.0120. The molecule has 0 aliphatic heterocycles. The van der Waals surface area contributed by atoms with Gasteiger partial charge in [-0.05, 0) is 175 Å². The molecule has 0 saturated heterocycles. The van der Waals surface area contributed by atoms with E-state index in [-0.39, 0.29) is 53.7 Å². The summed E-state index contributed by atoms with van der Waals surface area (Å²) >= 11 is 0. The third-order valence-electron chi connectivity index (χ3n) is 15.1. The smallest absolute Gasteiger partial charge is 0.413 e. The van der Waals surface area contributed by atoms with Crippen LogP contribution in [-0.4, -0.2) is 128 Å². The number of rotatable bonds is 45. The molecule has 2 aromatic rings. The number of amidine groups is 2. The number of ketones is 2. The third kappa shape index (κ3) is 42.3. The number of aryl methyl sites for hydroxylation is 1. The van der Waals surface area contributed by atoms with Crippen LogP contribution in [0.25, 0.3) is 0 Å². The largest absolute Gasteiger partial charge is 0.492 e. The number of benzene rings is 2. The number of carbonyl (C=O) groups is 7. The Morgan fingerprint density at radius 2 is 0.921 bits per heavy atom. The van der Waals surface area contributed by atoms with Gasteiger partial charge in [-0.3, -0.25) is 44.7 Å². The lowest BCUT2D eigenvalue weighted by molar-refractivity contribution is -0.125. The molecule has 19 nitrogen and oxygen atoms in total. The highest BCUT2D eigenvalue weighted by Crippen LogP contribution is 2.19. The lowest BCUT2D eigenvalue weighted by atomic mass is 9.94. The zero-order valence-corrected chi connectivity index (χ0v) is 56.8. The zero-order chi connectivity index (χ0) is 65.9. The van der Waals surface area contributed by atoms with Crippen molar-refractivity contribution >= 4 is 53.3 Å². The number of nitrogens with zero attached hydrogens (tertiary/aromatic N) is 3. The van der Waals surface area contributed by atoms with Gasteiger partial charge in [-0.2, -0.15) is 0 Å². The first kappa shape index (κ1) is 78.7. The Morgan fingerprint density at radius 1 is 0.472 bits per heavy atom. The van der Waals surface area contributed by atoms with E-state index < -0.39 is 29.5 Å². The van der Waals surface area contributed by atoms with Gasteiger partial charge in [0, 0.05) is 75.8 Å². The van der Waals surface area contributed by atoms with E-state index in [4.69, 9.17) is 18.9 Å². The second-order valence-electron chi connectivity index (χ2n) is 26.0. The van der Waals surface area contributed by atoms with Crippen LogP contribution < -0.4 is 31.3 Å².